The van der Waals surface area contributed by atoms with Gasteiger partial charge >= 0.3 is 0 Å². The summed E-state index contributed by atoms with van der Waals surface area (Å²) in [7, 11) is 0. The lowest BCUT2D eigenvalue weighted by molar-refractivity contribution is -0.384. The van der Waals surface area contributed by atoms with Crippen molar-refractivity contribution in [2.24, 2.45) is 0 Å². The van der Waals surface area contributed by atoms with Crippen LogP contribution in [0, 0.1) is 17.0 Å². The molecule has 0 spiro atoms. The number of fused-ring (bicyclic) bond motifs is 1. The molecule has 0 bridgehead atoms. The van der Waals surface area contributed by atoms with Crippen molar-refractivity contribution >= 4 is 22.9 Å². The highest BCUT2D eigenvalue weighted by Crippen LogP contribution is 2.28. The number of nitro benzene ring substituents is 1. The average molecular weight is 340 g/mol. The van der Waals surface area contributed by atoms with Gasteiger partial charge in [0.25, 0.3) is 11.6 Å². The molecule has 128 valence electrons. The van der Waals surface area contributed by atoms with Crippen LogP contribution in [-0.4, -0.2) is 25.3 Å². The molecule has 1 amide bonds. The van der Waals surface area contributed by atoms with Crippen molar-refractivity contribution in [3.63, 3.8) is 0 Å². The van der Waals surface area contributed by atoms with Crippen LogP contribution in [0.4, 0.5) is 11.4 Å². The Morgan fingerprint density at radius 2 is 2.12 bits per heavy atom. The van der Waals surface area contributed by atoms with Gasteiger partial charge in [0, 0.05) is 18.3 Å². The van der Waals surface area contributed by atoms with Gasteiger partial charge in [-0.3, -0.25) is 19.3 Å². The van der Waals surface area contributed by atoms with Gasteiger partial charge in [-0.25, -0.2) is 4.98 Å². The van der Waals surface area contributed by atoms with Crippen molar-refractivity contribution in [2.45, 2.75) is 20.3 Å². The van der Waals surface area contributed by atoms with E-state index in [1.165, 1.54) is 12.1 Å². The first-order valence-corrected chi connectivity index (χ1v) is 7.67. The summed E-state index contributed by atoms with van der Waals surface area (Å²) >= 11 is 0. The number of nitro groups is 1. The second-order valence-corrected chi connectivity index (χ2v) is 5.61. The van der Waals surface area contributed by atoms with Crippen LogP contribution in [0.2, 0.25) is 0 Å². The molecule has 8 nitrogen and oxygen atoms in total. The zero-order chi connectivity index (χ0) is 18.1. The highest BCUT2D eigenvalue weighted by atomic mass is 16.6. The van der Waals surface area contributed by atoms with Crippen LogP contribution in [-0.2, 0) is 6.42 Å². The topological polar surface area (TPSA) is 110 Å². The summed E-state index contributed by atoms with van der Waals surface area (Å²) in [6.07, 6.45) is 2.34. The summed E-state index contributed by atoms with van der Waals surface area (Å²) in [6.45, 7) is 3.79. The monoisotopic (exact) mass is 340 g/mol. The van der Waals surface area contributed by atoms with E-state index in [-0.39, 0.29) is 17.1 Å². The maximum absolute atomic E-state index is 12.8. The highest BCUT2D eigenvalue weighted by Gasteiger charge is 2.20. The number of phenols is 1. The molecule has 2 heterocycles. The van der Waals surface area contributed by atoms with E-state index in [1.54, 1.807) is 10.6 Å². The van der Waals surface area contributed by atoms with Crippen LogP contribution in [0.15, 0.2) is 36.5 Å². The number of carbonyl (C=O) groups is 1. The fraction of sp³-hybridized carbons (Fsp3) is 0.176. The molecule has 0 aliphatic carbocycles. The van der Waals surface area contributed by atoms with E-state index in [1.807, 2.05) is 26.0 Å². The van der Waals surface area contributed by atoms with Crippen LogP contribution < -0.4 is 5.32 Å². The van der Waals surface area contributed by atoms with Crippen LogP contribution >= 0.6 is 0 Å². The fourth-order valence-electron chi connectivity index (χ4n) is 2.61. The first-order chi connectivity index (χ1) is 11.9. The number of carbonyl (C=O) groups excluding carboxylic acids is 1. The number of phenolic OH excluding ortho intramolecular Hbond substituents is 1. The number of aryl methyl sites for hydroxylation is 2. The minimum atomic E-state index is -0.593. The van der Waals surface area contributed by atoms with Gasteiger partial charge in [-0.2, -0.15) is 0 Å². The van der Waals surface area contributed by atoms with Crippen LogP contribution in [0.5, 0.6) is 5.75 Å². The van der Waals surface area contributed by atoms with Crippen molar-refractivity contribution < 1.29 is 14.8 Å². The van der Waals surface area contributed by atoms with Crippen molar-refractivity contribution in [1.82, 2.24) is 9.38 Å². The molecule has 0 aliphatic rings. The molecule has 2 N–H and O–H groups in total. The lowest BCUT2D eigenvalue weighted by atomic mass is 10.2. The van der Waals surface area contributed by atoms with E-state index >= 15 is 0 Å². The second-order valence-electron chi connectivity index (χ2n) is 5.61. The lowest BCUT2D eigenvalue weighted by Crippen LogP contribution is -2.16. The number of nitrogens with one attached hydrogen (secondary N) is 1. The van der Waals surface area contributed by atoms with E-state index in [4.69, 9.17) is 0 Å². The molecule has 0 atom stereocenters. The van der Waals surface area contributed by atoms with Gasteiger partial charge in [0.2, 0.25) is 0 Å². The number of nitrogens with zero attached hydrogens (tertiary/aromatic N) is 3. The normalized spacial score (nSPS) is 10.8. The van der Waals surface area contributed by atoms with E-state index in [0.29, 0.717) is 23.5 Å². The molecule has 0 radical (unpaired) electrons. The minimum Gasteiger partial charge on any atom is -0.506 e. The van der Waals surface area contributed by atoms with Crippen LogP contribution in [0.3, 0.4) is 0 Å². The quantitative estimate of drug-likeness (QED) is 0.431. The number of amides is 1. The number of non-ortho nitro benzene ring substituents is 1. The first kappa shape index (κ1) is 16.4. The number of rotatable bonds is 4. The number of benzene rings is 1. The summed E-state index contributed by atoms with van der Waals surface area (Å²) in [5.74, 6) is -0.743. The molecule has 1 aromatic carbocycles. The molecule has 0 fully saturated rings. The molecule has 0 saturated carbocycles. The predicted octanol–water partition coefficient (Wildman–Crippen LogP) is 3.07. The zero-order valence-electron chi connectivity index (χ0n) is 13.7. The summed E-state index contributed by atoms with van der Waals surface area (Å²) in [5, 5.41) is 23.3. The zero-order valence-corrected chi connectivity index (χ0v) is 13.7. The number of aromatic nitrogens is 2. The van der Waals surface area contributed by atoms with Gasteiger partial charge in [0.05, 0.1) is 16.3 Å². The molecular weight excluding hydrogens is 324 g/mol. The third-order valence-corrected chi connectivity index (χ3v) is 3.83. The molecule has 0 aliphatic heterocycles. The summed E-state index contributed by atoms with van der Waals surface area (Å²) in [5.41, 5.74) is 2.29. The molecule has 25 heavy (non-hydrogen) atoms. The summed E-state index contributed by atoms with van der Waals surface area (Å²) in [6, 6.07) is 7.17. The van der Waals surface area contributed by atoms with Gasteiger partial charge in [-0.05, 0) is 31.0 Å². The Hall–Kier alpha value is -3.42. The SMILES string of the molecule is CCc1nc2ccc(C)cn2c1C(=O)Nc1cc([N+](=O)[O-])ccc1O. The van der Waals surface area contributed by atoms with Crippen LogP contribution in [0.1, 0.15) is 28.7 Å². The third kappa shape index (κ3) is 3.01. The van der Waals surface area contributed by atoms with E-state index in [9.17, 15) is 20.0 Å². The molecule has 3 rings (SSSR count). The van der Waals surface area contributed by atoms with Crippen LogP contribution in [0.25, 0.3) is 5.65 Å². The fourth-order valence-corrected chi connectivity index (χ4v) is 2.61. The molecule has 0 unspecified atom stereocenters. The Labute approximate surface area is 142 Å². The average Bonchev–Trinajstić information content (AvgIpc) is 2.94. The smallest absolute Gasteiger partial charge is 0.274 e. The molecular formula is C17H16N4O4. The Kier molecular flexibility index (Phi) is 4.10. The maximum Gasteiger partial charge on any atom is 0.274 e. The number of anilines is 1. The first-order valence-electron chi connectivity index (χ1n) is 7.67. The van der Waals surface area contributed by atoms with E-state index in [2.05, 4.69) is 10.3 Å². The van der Waals surface area contributed by atoms with Crippen molar-refractivity contribution in [3.8, 4) is 5.75 Å². The number of hydrogen-bond donors (Lipinski definition) is 2. The molecule has 3 aromatic rings. The Bertz CT molecular complexity index is 994. The molecule has 2 aromatic heterocycles. The summed E-state index contributed by atoms with van der Waals surface area (Å²) in [4.78, 5) is 27.5. The molecule has 0 saturated heterocycles. The Morgan fingerprint density at radius 1 is 1.36 bits per heavy atom. The largest absolute Gasteiger partial charge is 0.506 e. The number of hydrogen-bond acceptors (Lipinski definition) is 5. The third-order valence-electron chi connectivity index (χ3n) is 3.83. The van der Waals surface area contributed by atoms with Crippen molar-refractivity contribution in [2.75, 3.05) is 5.32 Å². The number of aromatic hydroxyl groups is 1. The van der Waals surface area contributed by atoms with Gasteiger partial charge in [-0.1, -0.05) is 13.0 Å². The minimum absolute atomic E-state index is 0.0242. The van der Waals surface area contributed by atoms with E-state index < -0.39 is 10.8 Å². The Balaban J connectivity index is 2.05. The lowest BCUT2D eigenvalue weighted by Gasteiger charge is -2.08. The van der Waals surface area contributed by atoms with Gasteiger partial charge < -0.3 is 10.4 Å². The summed E-state index contributed by atoms with van der Waals surface area (Å²) < 4.78 is 1.68. The van der Waals surface area contributed by atoms with Gasteiger partial charge in [0.1, 0.15) is 17.1 Å². The van der Waals surface area contributed by atoms with E-state index in [0.717, 1.165) is 11.6 Å². The number of pyridine rings is 1. The van der Waals surface area contributed by atoms with Crippen molar-refractivity contribution in [1.29, 1.82) is 0 Å². The maximum atomic E-state index is 12.8. The predicted molar refractivity (Wildman–Crippen MR) is 92.0 cm³/mol. The highest BCUT2D eigenvalue weighted by molar-refractivity contribution is 6.05. The number of imidazole rings is 1. The molecule has 8 heteroatoms. The standard InChI is InChI=1S/C17H16N4O4/c1-3-12-16(20-9-10(2)4-7-15(20)18-12)17(23)19-13-8-11(21(24)25)5-6-14(13)22/h4-9,22H,3H2,1-2H3,(H,19,23). The van der Waals surface area contributed by atoms with Gasteiger partial charge in [-0.15, -0.1) is 0 Å². The van der Waals surface area contributed by atoms with Gasteiger partial charge in [0.15, 0.2) is 0 Å². The Morgan fingerprint density at radius 3 is 2.80 bits per heavy atom. The second kappa shape index (κ2) is 6.23. The van der Waals surface area contributed by atoms with Crippen molar-refractivity contribution in [3.05, 3.63) is 63.6 Å².